The van der Waals surface area contributed by atoms with Gasteiger partial charge in [0.2, 0.25) is 6.79 Å². The number of benzene rings is 2. The van der Waals surface area contributed by atoms with Crippen molar-refractivity contribution >= 4 is 5.97 Å². The van der Waals surface area contributed by atoms with Crippen molar-refractivity contribution in [3.63, 3.8) is 0 Å². The van der Waals surface area contributed by atoms with Crippen LogP contribution in [-0.4, -0.2) is 22.4 Å². The van der Waals surface area contributed by atoms with Gasteiger partial charge in [-0.25, -0.2) is 9.18 Å². The average Bonchev–Trinajstić information content (AvgIpc) is 3.26. The number of rotatable bonds is 7. The summed E-state index contributed by atoms with van der Waals surface area (Å²) in [6.07, 6.45) is 0. The van der Waals surface area contributed by atoms with Gasteiger partial charge in [-0.05, 0) is 49.2 Å². The Kier molecular flexibility index (Phi) is 5.46. The second-order valence-electron chi connectivity index (χ2n) is 7.34. The van der Waals surface area contributed by atoms with Gasteiger partial charge >= 0.3 is 5.97 Å². The van der Waals surface area contributed by atoms with Crippen LogP contribution in [0, 0.1) is 19.7 Å². The molecular formula is C23H23FN2O4. The SMILES string of the molecule is Cc1c(CNCc2ccc3c(c2)OCO3)c(C(=O)O)c(C)n1Cc1cccc(F)c1. The number of carboxylic acids is 1. The van der Waals surface area contributed by atoms with Gasteiger partial charge in [0.15, 0.2) is 11.5 Å². The maximum atomic E-state index is 13.6. The molecule has 3 aromatic rings. The van der Waals surface area contributed by atoms with Crippen LogP contribution in [0.4, 0.5) is 4.39 Å². The van der Waals surface area contributed by atoms with E-state index in [1.54, 1.807) is 13.0 Å². The van der Waals surface area contributed by atoms with Crippen LogP contribution in [0.5, 0.6) is 11.5 Å². The number of carboxylic acid groups (broad SMARTS) is 1. The second kappa shape index (κ2) is 8.20. The average molecular weight is 410 g/mol. The largest absolute Gasteiger partial charge is 0.478 e. The lowest BCUT2D eigenvalue weighted by atomic mass is 10.1. The molecule has 0 atom stereocenters. The fraction of sp³-hybridized carbons (Fsp3) is 0.261. The van der Waals surface area contributed by atoms with Crippen molar-refractivity contribution in [2.24, 2.45) is 0 Å². The predicted molar refractivity (Wildman–Crippen MR) is 109 cm³/mol. The van der Waals surface area contributed by atoms with Gasteiger partial charge in [0.1, 0.15) is 5.82 Å². The molecule has 156 valence electrons. The number of nitrogens with zero attached hydrogens (tertiary/aromatic N) is 1. The van der Waals surface area contributed by atoms with Gasteiger partial charge < -0.3 is 24.5 Å². The molecule has 0 spiro atoms. The molecule has 4 rings (SSSR count). The molecule has 0 radical (unpaired) electrons. The van der Waals surface area contributed by atoms with Crippen LogP contribution in [0.15, 0.2) is 42.5 Å². The minimum atomic E-state index is -0.964. The van der Waals surface area contributed by atoms with E-state index in [1.165, 1.54) is 12.1 Å². The Balaban J connectivity index is 1.54. The molecule has 2 heterocycles. The summed E-state index contributed by atoms with van der Waals surface area (Å²) in [6.45, 7) is 5.29. The van der Waals surface area contributed by atoms with Crippen molar-refractivity contribution in [3.05, 3.63) is 81.9 Å². The fourth-order valence-corrected chi connectivity index (χ4v) is 3.89. The number of ether oxygens (including phenoxy) is 2. The summed E-state index contributed by atoms with van der Waals surface area (Å²) in [4.78, 5) is 11.9. The second-order valence-corrected chi connectivity index (χ2v) is 7.34. The zero-order chi connectivity index (χ0) is 21.3. The molecule has 0 bridgehead atoms. The number of fused-ring (bicyclic) bond motifs is 1. The maximum absolute atomic E-state index is 13.6. The number of aromatic nitrogens is 1. The minimum absolute atomic E-state index is 0.228. The molecule has 1 aromatic heterocycles. The van der Waals surface area contributed by atoms with E-state index in [9.17, 15) is 14.3 Å². The van der Waals surface area contributed by atoms with E-state index in [4.69, 9.17) is 9.47 Å². The lowest BCUT2D eigenvalue weighted by molar-refractivity contribution is 0.0694. The molecule has 0 aliphatic carbocycles. The first-order valence-electron chi connectivity index (χ1n) is 9.69. The highest BCUT2D eigenvalue weighted by atomic mass is 19.1. The van der Waals surface area contributed by atoms with Crippen molar-refractivity contribution in [3.8, 4) is 11.5 Å². The van der Waals surface area contributed by atoms with E-state index in [1.807, 2.05) is 35.8 Å². The van der Waals surface area contributed by atoms with Gasteiger partial charge in [0, 0.05) is 36.6 Å². The first kappa shape index (κ1) is 20.0. The van der Waals surface area contributed by atoms with Crippen LogP contribution >= 0.6 is 0 Å². The van der Waals surface area contributed by atoms with Crippen molar-refractivity contribution in [1.82, 2.24) is 9.88 Å². The Bertz CT molecular complexity index is 1110. The van der Waals surface area contributed by atoms with Crippen LogP contribution in [0.25, 0.3) is 0 Å². The highest BCUT2D eigenvalue weighted by Gasteiger charge is 2.22. The summed E-state index contributed by atoms with van der Waals surface area (Å²) in [5, 5.41) is 13.1. The van der Waals surface area contributed by atoms with E-state index >= 15 is 0 Å². The molecule has 0 amide bonds. The fourth-order valence-electron chi connectivity index (χ4n) is 3.89. The molecule has 6 nitrogen and oxygen atoms in total. The number of hydrogen-bond acceptors (Lipinski definition) is 4. The van der Waals surface area contributed by atoms with Crippen molar-refractivity contribution < 1.29 is 23.8 Å². The zero-order valence-electron chi connectivity index (χ0n) is 16.9. The first-order valence-corrected chi connectivity index (χ1v) is 9.69. The summed E-state index contributed by atoms with van der Waals surface area (Å²) >= 11 is 0. The van der Waals surface area contributed by atoms with Gasteiger partial charge in [-0.15, -0.1) is 0 Å². The number of hydrogen-bond donors (Lipinski definition) is 2. The van der Waals surface area contributed by atoms with Gasteiger partial charge in [0.25, 0.3) is 0 Å². The van der Waals surface area contributed by atoms with Gasteiger partial charge in [-0.2, -0.15) is 0 Å². The summed E-state index contributed by atoms with van der Waals surface area (Å²) in [5.74, 6) is 0.175. The topological polar surface area (TPSA) is 72.7 Å². The lowest BCUT2D eigenvalue weighted by Gasteiger charge is -2.11. The number of halogens is 1. The number of aromatic carboxylic acids is 1. The smallest absolute Gasteiger partial charge is 0.337 e. The molecule has 0 saturated heterocycles. The Labute approximate surface area is 173 Å². The van der Waals surface area contributed by atoms with Crippen LogP contribution < -0.4 is 14.8 Å². The Morgan fingerprint density at radius 2 is 1.87 bits per heavy atom. The third-order valence-electron chi connectivity index (χ3n) is 5.42. The van der Waals surface area contributed by atoms with E-state index in [0.29, 0.717) is 36.6 Å². The van der Waals surface area contributed by atoms with Crippen molar-refractivity contribution in [2.75, 3.05) is 6.79 Å². The van der Waals surface area contributed by atoms with Gasteiger partial charge in [-0.1, -0.05) is 18.2 Å². The number of nitrogens with one attached hydrogen (secondary N) is 1. The molecule has 0 fully saturated rings. The Morgan fingerprint density at radius 1 is 1.07 bits per heavy atom. The van der Waals surface area contributed by atoms with E-state index in [-0.39, 0.29) is 12.6 Å². The standard InChI is InChI=1S/C23H23FN2O4/c1-14-19(11-25-10-16-6-7-20-21(9-16)30-13-29-20)22(23(27)28)15(2)26(14)12-17-4-3-5-18(24)8-17/h3-9,25H,10-13H2,1-2H3,(H,27,28). The summed E-state index contributed by atoms with van der Waals surface area (Å²) in [7, 11) is 0. The quantitative estimate of drug-likeness (QED) is 0.616. The summed E-state index contributed by atoms with van der Waals surface area (Å²) in [5.41, 5.74) is 4.34. The van der Waals surface area contributed by atoms with Crippen molar-refractivity contribution in [1.29, 1.82) is 0 Å². The normalized spacial score (nSPS) is 12.4. The minimum Gasteiger partial charge on any atom is -0.478 e. The molecule has 1 aliphatic heterocycles. The third kappa shape index (κ3) is 3.89. The van der Waals surface area contributed by atoms with E-state index in [2.05, 4.69) is 5.32 Å². The molecule has 0 saturated carbocycles. The van der Waals surface area contributed by atoms with Crippen LogP contribution in [0.3, 0.4) is 0 Å². The number of carbonyl (C=O) groups is 1. The molecule has 7 heteroatoms. The zero-order valence-corrected chi connectivity index (χ0v) is 16.9. The molecule has 2 aromatic carbocycles. The molecule has 30 heavy (non-hydrogen) atoms. The van der Waals surface area contributed by atoms with Crippen molar-refractivity contribution in [2.45, 2.75) is 33.5 Å². The molecular weight excluding hydrogens is 387 g/mol. The van der Waals surface area contributed by atoms with Crippen LogP contribution in [0.2, 0.25) is 0 Å². The van der Waals surface area contributed by atoms with Crippen LogP contribution in [0.1, 0.15) is 38.4 Å². The summed E-state index contributed by atoms with van der Waals surface area (Å²) in [6, 6.07) is 12.1. The third-order valence-corrected chi connectivity index (χ3v) is 5.42. The molecule has 0 unspecified atom stereocenters. The summed E-state index contributed by atoms with van der Waals surface area (Å²) < 4.78 is 26.2. The van der Waals surface area contributed by atoms with Gasteiger partial charge in [0.05, 0.1) is 5.56 Å². The predicted octanol–water partition coefficient (Wildman–Crippen LogP) is 4.01. The molecule has 2 N–H and O–H groups in total. The van der Waals surface area contributed by atoms with E-state index in [0.717, 1.165) is 28.1 Å². The molecule has 1 aliphatic rings. The first-order chi connectivity index (χ1) is 14.4. The van der Waals surface area contributed by atoms with Gasteiger partial charge in [-0.3, -0.25) is 0 Å². The monoisotopic (exact) mass is 410 g/mol. The Hall–Kier alpha value is -3.32. The van der Waals surface area contributed by atoms with E-state index < -0.39 is 5.97 Å². The van der Waals surface area contributed by atoms with Crippen LogP contribution in [-0.2, 0) is 19.6 Å². The maximum Gasteiger partial charge on any atom is 0.337 e. The lowest BCUT2D eigenvalue weighted by Crippen LogP contribution is -2.15. The highest BCUT2D eigenvalue weighted by Crippen LogP contribution is 2.32. The Morgan fingerprint density at radius 3 is 2.63 bits per heavy atom. The highest BCUT2D eigenvalue weighted by molar-refractivity contribution is 5.91.